The van der Waals surface area contributed by atoms with Gasteiger partial charge in [-0.05, 0) is 12.8 Å². The third-order valence-corrected chi connectivity index (χ3v) is 4.92. The molecule has 1 amide bonds. The lowest BCUT2D eigenvalue weighted by atomic mass is 9.95. The van der Waals surface area contributed by atoms with Gasteiger partial charge in [0.05, 0.1) is 11.0 Å². The van der Waals surface area contributed by atoms with Gasteiger partial charge in [-0.2, -0.15) is 0 Å². The number of amides is 1. The molecule has 3 rings (SSSR count). The number of H-pyrrole nitrogens is 1. The van der Waals surface area contributed by atoms with Crippen molar-refractivity contribution in [1.82, 2.24) is 15.3 Å². The van der Waals surface area contributed by atoms with Crippen LogP contribution < -0.4 is 5.32 Å². The van der Waals surface area contributed by atoms with Gasteiger partial charge >= 0.3 is 0 Å². The Kier molecular flexibility index (Phi) is 5.15. The van der Waals surface area contributed by atoms with Gasteiger partial charge in [0.1, 0.15) is 0 Å². The number of carbonyl (C=O) groups is 1. The van der Waals surface area contributed by atoms with Crippen LogP contribution in [0.2, 0.25) is 0 Å². The molecule has 0 bridgehead atoms. The summed E-state index contributed by atoms with van der Waals surface area (Å²) in [5, 5.41) is 3.63. The predicted molar refractivity (Wildman–Crippen MR) is 86.4 cm³/mol. The van der Waals surface area contributed by atoms with E-state index in [0.717, 1.165) is 25.0 Å². The zero-order valence-electron chi connectivity index (χ0n) is 12.7. The van der Waals surface area contributed by atoms with E-state index in [2.05, 4.69) is 15.3 Å². The fraction of sp³-hybridized carbons (Fsp3) is 0.500. The number of aromatic nitrogens is 2. The van der Waals surface area contributed by atoms with E-state index in [1.54, 1.807) is 0 Å². The number of rotatable bonds is 5. The van der Waals surface area contributed by atoms with Crippen molar-refractivity contribution < 1.29 is 13.6 Å². The van der Waals surface area contributed by atoms with Crippen LogP contribution in [0.25, 0.3) is 11.0 Å². The van der Waals surface area contributed by atoms with Crippen molar-refractivity contribution in [2.24, 2.45) is 0 Å². The van der Waals surface area contributed by atoms with E-state index in [0.29, 0.717) is 34.4 Å². The topological polar surface area (TPSA) is 57.8 Å². The fourth-order valence-corrected chi connectivity index (χ4v) is 3.66. The Labute approximate surface area is 137 Å². The van der Waals surface area contributed by atoms with Crippen LogP contribution in [0.5, 0.6) is 0 Å². The van der Waals surface area contributed by atoms with Gasteiger partial charge in [0.25, 0.3) is 0 Å². The number of imidazole rings is 1. The maximum absolute atomic E-state index is 13.2. The van der Waals surface area contributed by atoms with Crippen LogP contribution >= 0.6 is 11.8 Å². The molecule has 1 aliphatic carbocycles. The van der Waals surface area contributed by atoms with E-state index in [4.69, 9.17) is 0 Å². The monoisotopic (exact) mass is 339 g/mol. The van der Waals surface area contributed by atoms with Gasteiger partial charge in [-0.1, -0.05) is 31.0 Å². The van der Waals surface area contributed by atoms with Gasteiger partial charge in [-0.25, -0.2) is 13.8 Å². The molecule has 0 unspecified atom stereocenters. The molecule has 0 saturated heterocycles. The fourth-order valence-electron chi connectivity index (χ4n) is 2.84. The summed E-state index contributed by atoms with van der Waals surface area (Å²) in [4.78, 5) is 19.0. The number of hydrogen-bond acceptors (Lipinski definition) is 3. The van der Waals surface area contributed by atoms with Gasteiger partial charge < -0.3 is 10.3 Å². The highest BCUT2D eigenvalue weighted by Gasteiger charge is 2.15. The van der Waals surface area contributed by atoms with Crippen LogP contribution in [0, 0.1) is 11.6 Å². The zero-order valence-corrected chi connectivity index (χ0v) is 13.5. The van der Waals surface area contributed by atoms with Gasteiger partial charge in [-0.15, -0.1) is 0 Å². The van der Waals surface area contributed by atoms with E-state index >= 15 is 0 Å². The first-order chi connectivity index (χ1) is 11.1. The number of hydrogen-bond donors (Lipinski definition) is 2. The Morgan fingerprint density at radius 1 is 1.26 bits per heavy atom. The maximum Gasteiger partial charge on any atom is 0.221 e. The SMILES string of the molecule is O=C(CCSc1nc2cc(F)c(F)cc2[nH]1)NC1CCCCC1. The van der Waals surface area contributed by atoms with Crippen molar-refractivity contribution in [3.05, 3.63) is 23.8 Å². The van der Waals surface area contributed by atoms with Gasteiger partial charge in [-0.3, -0.25) is 4.79 Å². The maximum atomic E-state index is 13.2. The number of carbonyl (C=O) groups excluding carboxylic acids is 1. The van der Waals surface area contributed by atoms with Gasteiger partial charge in [0.15, 0.2) is 16.8 Å². The summed E-state index contributed by atoms with van der Waals surface area (Å²) < 4.78 is 26.3. The van der Waals surface area contributed by atoms with E-state index in [1.807, 2.05) is 0 Å². The first kappa shape index (κ1) is 16.2. The Morgan fingerprint density at radius 3 is 2.78 bits per heavy atom. The summed E-state index contributed by atoms with van der Waals surface area (Å²) in [5.41, 5.74) is 0.844. The molecule has 4 nitrogen and oxygen atoms in total. The second-order valence-electron chi connectivity index (χ2n) is 5.83. The lowest BCUT2D eigenvalue weighted by Gasteiger charge is -2.22. The highest BCUT2D eigenvalue weighted by atomic mass is 32.2. The van der Waals surface area contributed by atoms with Crippen LogP contribution in [0.1, 0.15) is 38.5 Å². The van der Waals surface area contributed by atoms with Crippen molar-refractivity contribution in [1.29, 1.82) is 0 Å². The molecule has 7 heteroatoms. The minimum atomic E-state index is -0.910. The van der Waals surface area contributed by atoms with Gasteiger partial charge in [0, 0.05) is 30.3 Å². The molecule has 0 aliphatic heterocycles. The molecule has 0 atom stereocenters. The van der Waals surface area contributed by atoms with E-state index in [9.17, 15) is 13.6 Å². The van der Waals surface area contributed by atoms with E-state index in [-0.39, 0.29) is 5.91 Å². The van der Waals surface area contributed by atoms with E-state index in [1.165, 1.54) is 31.0 Å². The molecule has 1 heterocycles. The molecule has 2 aromatic rings. The van der Waals surface area contributed by atoms with Crippen molar-refractivity contribution >= 4 is 28.7 Å². The molecule has 1 fully saturated rings. The second kappa shape index (κ2) is 7.29. The van der Waals surface area contributed by atoms with Crippen molar-refractivity contribution in [2.45, 2.75) is 49.7 Å². The van der Waals surface area contributed by atoms with Crippen molar-refractivity contribution in [3.8, 4) is 0 Å². The highest BCUT2D eigenvalue weighted by molar-refractivity contribution is 7.99. The number of halogens is 2. The zero-order chi connectivity index (χ0) is 16.2. The molecule has 23 heavy (non-hydrogen) atoms. The number of fused-ring (bicyclic) bond motifs is 1. The van der Waals surface area contributed by atoms with Crippen LogP contribution in [0.15, 0.2) is 17.3 Å². The van der Waals surface area contributed by atoms with Gasteiger partial charge in [0.2, 0.25) is 5.91 Å². The highest BCUT2D eigenvalue weighted by Crippen LogP contribution is 2.22. The minimum Gasteiger partial charge on any atom is -0.353 e. The quantitative estimate of drug-likeness (QED) is 0.815. The van der Waals surface area contributed by atoms with Crippen molar-refractivity contribution in [2.75, 3.05) is 5.75 Å². The molecule has 124 valence electrons. The first-order valence-electron chi connectivity index (χ1n) is 7.89. The summed E-state index contributed by atoms with van der Waals surface area (Å²) >= 11 is 1.38. The molecular formula is C16H19F2N3OS. The summed E-state index contributed by atoms with van der Waals surface area (Å²) in [6, 6.07) is 2.48. The summed E-state index contributed by atoms with van der Waals surface area (Å²) in [6.07, 6.45) is 6.17. The summed E-state index contributed by atoms with van der Waals surface area (Å²) in [6.45, 7) is 0. The molecule has 1 aromatic heterocycles. The molecular weight excluding hydrogens is 320 g/mol. The third kappa shape index (κ3) is 4.22. The van der Waals surface area contributed by atoms with Crippen molar-refractivity contribution in [3.63, 3.8) is 0 Å². The average Bonchev–Trinajstić information content (AvgIpc) is 2.90. The van der Waals surface area contributed by atoms with Crippen LogP contribution in [0.3, 0.4) is 0 Å². The predicted octanol–water partition coefficient (Wildman–Crippen LogP) is 3.77. The number of thioether (sulfide) groups is 1. The standard InChI is InChI=1S/C16H19F2N3OS/c17-11-8-13-14(9-12(11)18)21-16(20-13)23-7-6-15(22)19-10-4-2-1-3-5-10/h8-10H,1-7H2,(H,19,22)(H,20,21). The Bertz CT molecular complexity index is 659. The lowest BCUT2D eigenvalue weighted by Crippen LogP contribution is -2.36. The largest absolute Gasteiger partial charge is 0.353 e. The minimum absolute atomic E-state index is 0.0533. The molecule has 0 spiro atoms. The summed E-state index contributed by atoms with van der Waals surface area (Å²) in [7, 11) is 0. The van der Waals surface area contributed by atoms with Crippen LogP contribution in [-0.2, 0) is 4.79 Å². The number of aromatic amines is 1. The Morgan fingerprint density at radius 2 is 2.00 bits per heavy atom. The smallest absolute Gasteiger partial charge is 0.221 e. The molecule has 1 aromatic carbocycles. The number of benzene rings is 1. The third-order valence-electron chi connectivity index (χ3n) is 4.04. The normalized spacial score (nSPS) is 15.9. The van der Waals surface area contributed by atoms with E-state index < -0.39 is 11.6 Å². The molecule has 1 aliphatic rings. The van der Waals surface area contributed by atoms with Crippen LogP contribution in [-0.4, -0.2) is 27.7 Å². The number of nitrogens with zero attached hydrogens (tertiary/aromatic N) is 1. The first-order valence-corrected chi connectivity index (χ1v) is 8.87. The summed E-state index contributed by atoms with van der Waals surface area (Å²) in [5.74, 6) is -1.18. The lowest BCUT2D eigenvalue weighted by molar-refractivity contribution is -0.121. The van der Waals surface area contributed by atoms with Crippen LogP contribution in [0.4, 0.5) is 8.78 Å². The Balaban J connectivity index is 1.49. The Hall–Kier alpha value is -1.63. The average molecular weight is 339 g/mol. The number of nitrogens with one attached hydrogen (secondary N) is 2. The molecule has 0 radical (unpaired) electrons. The second-order valence-corrected chi connectivity index (χ2v) is 6.91. The molecule has 2 N–H and O–H groups in total. The molecule has 1 saturated carbocycles.